The maximum Gasteiger partial charge on any atom is 0.220 e. The van der Waals surface area contributed by atoms with Crippen LogP contribution in [0.15, 0.2) is 27.8 Å². The zero-order valence-corrected chi connectivity index (χ0v) is 17.9. The highest BCUT2D eigenvalue weighted by Gasteiger charge is 2.22. The molecule has 148 valence electrons. The number of rotatable bonds is 9. The normalized spacial score (nSPS) is 16.1. The Morgan fingerprint density at radius 1 is 1.31 bits per heavy atom. The molecule has 1 fully saturated rings. The molecular formula is C18H32IN5O2. The number of aliphatic imine (C=N–C) groups is 1. The van der Waals surface area contributed by atoms with Crippen LogP contribution in [0.3, 0.4) is 0 Å². The Balaban J connectivity index is 0.00000338. The Morgan fingerprint density at radius 2 is 2.04 bits per heavy atom. The Bertz CT molecular complexity index is 528. The Kier molecular flexibility index (Phi) is 11.3. The lowest BCUT2D eigenvalue weighted by molar-refractivity contribution is -0.123. The molecule has 0 bridgehead atoms. The molecule has 7 nitrogen and oxygen atoms in total. The number of nitrogens with one attached hydrogen (secondary N) is 2. The minimum absolute atomic E-state index is 0. The van der Waals surface area contributed by atoms with Crippen molar-refractivity contribution in [2.45, 2.75) is 32.1 Å². The van der Waals surface area contributed by atoms with Crippen molar-refractivity contribution in [3.63, 3.8) is 0 Å². The first-order chi connectivity index (χ1) is 12.2. The molecule has 4 N–H and O–H groups in total. The van der Waals surface area contributed by atoms with Crippen LogP contribution in [0.1, 0.15) is 31.4 Å². The van der Waals surface area contributed by atoms with Gasteiger partial charge in [0.2, 0.25) is 5.91 Å². The van der Waals surface area contributed by atoms with Gasteiger partial charge in [-0.2, -0.15) is 0 Å². The summed E-state index contributed by atoms with van der Waals surface area (Å²) in [7, 11) is 1.78. The number of piperidine rings is 1. The van der Waals surface area contributed by atoms with Crippen LogP contribution in [0, 0.1) is 5.92 Å². The molecule has 0 radical (unpaired) electrons. The van der Waals surface area contributed by atoms with Gasteiger partial charge in [-0.3, -0.25) is 9.79 Å². The second-order valence-corrected chi connectivity index (χ2v) is 6.48. The number of nitrogens with two attached hydrogens (primary N) is 1. The van der Waals surface area contributed by atoms with E-state index < -0.39 is 0 Å². The van der Waals surface area contributed by atoms with E-state index >= 15 is 0 Å². The van der Waals surface area contributed by atoms with Crippen LogP contribution in [-0.2, 0) is 11.2 Å². The van der Waals surface area contributed by atoms with Crippen LogP contribution >= 0.6 is 24.0 Å². The molecule has 0 atom stereocenters. The highest BCUT2D eigenvalue weighted by molar-refractivity contribution is 14.0. The zero-order chi connectivity index (χ0) is 17.9. The highest BCUT2D eigenvalue weighted by Crippen LogP contribution is 2.16. The van der Waals surface area contributed by atoms with Crippen molar-refractivity contribution >= 4 is 35.8 Å². The molecule has 26 heavy (non-hydrogen) atoms. The Hall–Kier alpha value is -1.29. The first-order valence-electron chi connectivity index (χ1n) is 9.17. The van der Waals surface area contributed by atoms with Gasteiger partial charge < -0.3 is 25.7 Å². The lowest BCUT2D eigenvalue weighted by Crippen LogP contribution is -2.40. The average molecular weight is 477 g/mol. The predicted octanol–water partition coefficient (Wildman–Crippen LogP) is 1.58. The summed E-state index contributed by atoms with van der Waals surface area (Å²) < 4.78 is 5.31. The molecule has 0 saturated carbocycles. The number of unbranched alkanes of at least 4 members (excludes halogenated alkanes) is 1. The van der Waals surface area contributed by atoms with E-state index in [1.807, 2.05) is 12.1 Å². The quantitative estimate of drug-likeness (QED) is 0.217. The summed E-state index contributed by atoms with van der Waals surface area (Å²) in [6.07, 6.45) is 6.57. The van der Waals surface area contributed by atoms with Gasteiger partial charge in [0, 0.05) is 32.5 Å². The third-order valence-corrected chi connectivity index (χ3v) is 4.65. The molecule has 1 saturated heterocycles. The molecular weight excluding hydrogens is 445 g/mol. The molecule has 1 aliphatic heterocycles. The lowest BCUT2D eigenvalue weighted by Gasteiger charge is -2.30. The number of carbonyl (C=O) groups excluding carboxylic acids is 1. The van der Waals surface area contributed by atoms with Gasteiger partial charge in [0.05, 0.1) is 6.26 Å². The van der Waals surface area contributed by atoms with Crippen LogP contribution in [0.5, 0.6) is 0 Å². The molecule has 2 heterocycles. The SMILES string of the molecule is CN=C(NCCCCN1CCC(C(N)=O)CC1)NCCc1ccco1.I. The smallest absolute Gasteiger partial charge is 0.220 e. The van der Waals surface area contributed by atoms with E-state index in [0.29, 0.717) is 0 Å². The van der Waals surface area contributed by atoms with Gasteiger partial charge in [0.25, 0.3) is 0 Å². The summed E-state index contributed by atoms with van der Waals surface area (Å²) in [6, 6.07) is 3.88. The predicted molar refractivity (Wildman–Crippen MR) is 115 cm³/mol. The fraction of sp³-hybridized carbons (Fsp3) is 0.667. The number of likely N-dealkylation sites (tertiary alicyclic amines) is 1. The summed E-state index contributed by atoms with van der Waals surface area (Å²) in [5.74, 6) is 1.74. The number of carbonyl (C=O) groups is 1. The monoisotopic (exact) mass is 477 g/mol. The van der Waals surface area contributed by atoms with Crippen LogP contribution in [-0.4, -0.2) is 56.5 Å². The number of halogens is 1. The lowest BCUT2D eigenvalue weighted by atomic mass is 9.96. The second-order valence-electron chi connectivity index (χ2n) is 6.48. The average Bonchev–Trinajstić information content (AvgIpc) is 3.13. The fourth-order valence-electron chi connectivity index (χ4n) is 3.09. The number of hydrogen-bond acceptors (Lipinski definition) is 4. The van der Waals surface area contributed by atoms with E-state index in [0.717, 1.165) is 76.5 Å². The number of primary amides is 1. The van der Waals surface area contributed by atoms with Crippen LogP contribution in [0.25, 0.3) is 0 Å². The van der Waals surface area contributed by atoms with Gasteiger partial charge in [-0.1, -0.05) is 0 Å². The van der Waals surface area contributed by atoms with Crippen LogP contribution in [0.4, 0.5) is 0 Å². The summed E-state index contributed by atoms with van der Waals surface area (Å²) >= 11 is 0. The van der Waals surface area contributed by atoms with E-state index in [2.05, 4.69) is 20.5 Å². The largest absolute Gasteiger partial charge is 0.469 e. The summed E-state index contributed by atoms with van der Waals surface area (Å²) in [4.78, 5) is 17.8. The van der Waals surface area contributed by atoms with Crippen molar-refractivity contribution in [2.24, 2.45) is 16.6 Å². The summed E-state index contributed by atoms with van der Waals surface area (Å²) in [5.41, 5.74) is 5.37. The van der Waals surface area contributed by atoms with Crippen LogP contribution < -0.4 is 16.4 Å². The van der Waals surface area contributed by atoms with Crippen LogP contribution in [0.2, 0.25) is 0 Å². The third-order valence-electron chi connectivity index (χ3n) is 4.65. The standard InChI is InChI=1S/C18H31N5O2.HI/c1-20-18(22-10-6-16-5-4-14-25-16)21-9-2-3-11-23-12-7-15(8-13-23)17(19)24;/h4-5,14-15H,2-3,6-13H2,1H3,(H2,19,24)(H2,20,21,22);1H. The number of hydrogen-bond donors (Lipinski definition) is 3. The fourth-order valence-corrected chi connectivity index (χ4v) is 3.09. The van der Waals surface area contributed by atoms with Crippen molar-refractivity contribution in [3.05, 3.63) is 24.2 Å². The molecule has 1 aromatic rings. The molecule has 1 aliphatic rings. The molecule has 1 aromatic heterocycles. The van der Waals surface area contributed by atoms with Gasteiger partial charge in [0.1, 0.15) is 5.76 Å². The second kappa shape index (κ2) is 13.0. The molecule has 0 aliphatic carbocycles. The van der Waals surface area contributed by atoms with E-state index in [4.69, 9.17) is 10.2 Å². The van der Waals surface area contributed by atoms with E-state index in [1.165, 1.54) is 0 Å². The third kappa shape index (κ3) is 8.39. The maximum absolute atomic E-state index is 11.2. The topological polar surface area (TPSA) is 95.9 Å². The first kappa shape index (κ1) is 22.8. The Labute approximate surface area is 173 Å². The minimum atomic E-state index is -0.144. The van der Waals surface area contributed by atoms with Crippen molar-refractivity contribution in [3.8, 4) is 0 Å². The molecule has 1 amide bonds. The summed E-state index contributed by atoms with van der Waals surface area (Å²) in [5, 5.41) is 6.63. The first-order valence-corrected chi connectivity index (χ1v) is 9.17. The van der Waals surface area contributed by atoms with Crippen molar-refractivity contribution < 1.29 is 9.21 Å². The number of furan rings is 1. The number of guanidine groups is 1. The number of nitrogens with zero attached hydrogens (tertiary/aromatic N) is 2. The van der Waals surface area contributed by atoms with E-state index in [-0.39, 0.29) is 35.8 Å². The number of amides is 1. The zero-order valence-electron chi connectivity index (χ0n) is 15.6. The molecule has 8 heteroatoms. The highest BCUT2D eigenvalue weighted by atomic mass is 127. The molecule has 0 aromatic carbocycles. The van der Waals surface area contributed by atoms with Gasteiger partial charge in [-0.15, -0.1) is 24.0 Å². The Morgan fingerprint density at radius 3 is 2.65 bits per heavy atom. The van der Waals surface area contributed by atoms with Gasteiger partial charge >= 0.3 is 0 Å². The van der Waals surface area contributed by atoms with Gasteiger partial charge in [-0.05, 0) is 57.5 Å². The summed E-state index contributed by atoms with van der Waals surface area (Å²) in [6.45, 7) is 4.74. The van der Waals surface area contributed by atoms with E-state index in [1.54, 1.807) is 13.3 Å². The molecule has 0 unspecified atom stereocenters. The van der Waals surface area contributed by atoms with Gasteiger partial charge in [-0.25, -0.2) is 0 Å². The minimum Gasteiger partial charge on any atom is -0.469 e. The van der Waals surface area contributed by atoms with Gasteiger partial charge in [0.15, 0.2) is 5.96 Å². The maximum atomic E-state index is 11.2. The molecule has 2 rings (SSSR count). The molecule has 0 spiro atoms. The van der Waals surface area contributed by atoms with Crippen molar-refractivity contribution in [1.82, 2.24) is 15.5 Å². The van der Waals surface area contributed by atoms with Crippen molar-refractivity contribution in [2.75, 3.05) is 39.8 Å². The van der Waals surface area contributed by atoms with Crippen molar-refractivity contribution in [1.29, 1.82) is 0 Å². The van der Waals surface area contributed by atoms with E-state index in [9.17, 15) is 4.79 Å².